The molecule has 0 unspecified atom stereocenters. The maximum atomic E-state index is 12.9. The number of likely N-dealkylation sites (tertiary alicyclic amines) is 1. The maximum absolute atomic E-state index is 12.9. The maximum Gasteiger partial charge on any atom is 0.254 e. The number of methoxy groups -OCH3 is 1. The molecule has 0 aromatic heterocycles. The monoisotopic (exact) mass is 352 g/mol. The first-order valence-corrected chi connectivity index (χ1v) is 8.83. The van der Waals surface area contributed by atoms with Crippen molar-refractivity contribution < 1.29 is 9.53 Å². The van der Waals surface area contributed by atoms with E-state index in [1.54, 1.807) is 7.11 Å². The van der Waals surface area contributed by atoms with Crippen LogP contribution in [0.5, 0.6) is 0 Å². The third-order valence-electron chi connectivity index (χ3n) is 5.46. The van der Waals surface area contributed by atoms with Crippen molar-refractivity contribution in [2.24, 2.45) is 5.92 Å². The van der Waals surface area contributed by atoms with Crippen molar-refractivity contribution in [2.45, 2.75) is 37.7 Å². The SMILES string of the molecule is COC1(C(=O)N2CCC(Cc3ccccc3)CC2)CCNCC1.Cl. The molecule has 0 bridgehead atoms. The molecular weight excluding hydrogens is 324 g/mol. The molecule has 0 saturated carbocycles. The van der Waals surface area contributed by atoms with Crippen molar-refractivity contribution in [1.82, 2.24) is 10.2 Å². The number of carbonyl (C=O) groups excluding carboxylic acids is 1. The van der Waals surface area contributed by atoms with Gasteiger partial charge in [-0.05, 0) is 56.7 Å². The van der Waals surface area contributed by atoms with Crippen LogP contribution in [0.15, 0.2) is 30.3 Å². The molecule has 2 aliphatic rings. The Morgan fingerprint density at radius 2 is 1.83 bits per heavy atom. The first-order valence-electron chi connectivity index (χ1n) is 8.83. The summed E-state index contributed by atoms with van der Waals surface area (Å²) < 4.78 is 5.69. The largest absolute Gasteiger partial charge is 0.368 e. The minimum Gasteiger partial charge on any atom is -0.368 e. The van der Waals surface area contributed by atoms with E-state index in [4.69, 9.17) is 4.74 Å². The zero-order valence-electron chi connectivity index (χ0n) is 14.5. The number of hydrogen-bond donors (Lipinski definition) is 1. The van der Waals surface area contributed by atoms with Crippen molar-refractivity contribution in [1.29, 1.82) is 0 Å². The minimum absolute atomic E-state index is 0. The van der Waals surface area contributed by atoms with Crippen molar-refractivity contribution >= 4 is 18.3 Å². The highest BCUT2D eigenvalue weighted by molar-refractivity contribution is 5.86. The van der Waals surface area contributed by atoms with Crippen LogP contribution in [0.2, 0.25) is 0 Å². The molecule has 2 heterocycles. The molecule has 1 N–H and O–H groups in total. The standard InChI is InChI=1S/C19H28N2O2.ClH/c1-23-19(9-11-20-12-10-19)18(22)21-13-7-17(8-14-21)15-16-5-3-2-4-6-16;/h2-6,17,20H,7-15H2,1H3;1H. The van der Waals surface area contributed by atoms with Crippen molar-refractivity contribution in [3.05, 3.63) is 35.9 Å². The number of piperidine rings is 2. The number of halogens is 1. The fraction of sp³-hybridized carbons (Fsp3) is 0.632. The van der Waals surface area contributed by atoms with E-state index >= 15 is 0 Å². The van der Waals surface area contributed by atoms with E-state index in [1.165, 1.54) is 5.56 Å². The lowest BCUT2D eigenvalue weighted by atomic mass is 9.87. The molecule has 0 spiro atoms. The number of nitrogens with zero attached hydrogens (tertiary/aromatic N) is 1. The second kappa shape index (κ2) is 8.84. The van der Waals surface area contributed by atoms with Gasteiger partial charge in [-0.3, -0.25) is 4.79 Å². The quantitative estimate of drug-likeness (QED) is 0.905. The summed E-state index contributed by atoms with van der Waals surface area (Å²) in [6, 6.07) is 10.7. The lowest BCUT2D eigenvalue weighted by Gasteiger charge is -2.41. The zero-order valence-corrected chi connectivity index (χ0v) is 15.3. The molecule has 2 saturated heterocycles. The summed E-state index contributed by atoms with van der Waals surface area (Å²) in [5.41, 5.74) is 0.821. The fourth-order valence-corrected chi connectivity index (χ4v) is 3.91. The molecule has 5 heteroatoms. The van der Waals surface area contributed by atoms with Crippen molar-refractivity contribution in [3.63, 3.8) is 0 Å². The van der Waals surface area contributed by atoms with Crippen LogP contribution in [0.25, 0.3) is 0 Å². The van der Waals surface area contributed by atoms with Crippen LogP contribution >= 0.6 is 12.4 Å². The normalized spacial score (nSPS) is 21.1. The molecule has 1 aromatic carbocycles. The molecule has 2 aliphatic heterocycles. The number of hydrogen-bond acceptors (Lipinski definition) is 3. The molecule has 1 amide bonds. The van der Waals surface area contributed by atoms with E-state index in [-0.39, 0.29) is 18.3 Å². The van der Waals surface area contributed by atoms with Gasteiger partial charge in [0.25, 0.3) is 5.91 Å². The topological polar surface area (TPSA) is 41.6 Å². The van der Waals surface area contributed by atoms with E-state index in [0.717, 1.165) is 58.3 Å². The second-order valence-corrected chi connectivity index (χ2v) is 6.87. The van der Waals surface area contributed by atoms with E-state index in [1.807, 2.05) is 4.90 Å². The predicted octanol–water partition coefficient (Wildman–Crippen LogP) is 2.66. The molecule has 2 fully saturated rings. The van der Waals surface area contributed by atoms with Gasteiger partial charge in [-0.25, -0.2) is 0 Å². The van der Waals surface area contributed by atoms with Gasteiger partial charge in [0, 0.05) is 20.2 Å². The Kier molecular flexibility index (Phi) is 7.08. The summed E-state index contributed by atoms with van der Waals surface area (Å²) in [5, 5.41) is 3.32. The molecular formula is C19H29ClN2O2. The summed E-state index contributed by atoms with van der Waals surface area (Å²) in [6.07, 6.45) is 4.89. The van der Waals surface area contributed by atoms with Gasteiger partial charge in [0.1, 0.15) is 5.60 Å². The molecule has 1 aromatic rings. The van der Waals surface area contributed by atoms with Gasteiger partial charge in [-0.1, -0.05) is 30.3 Å². The summed E-state index contributed by atoms with van der Waals surface area (Å²) in [5.74, 6) is 0.896. The summed E-state index contributed by atoms with van der Waals surface area (Å²) in [6.45, 7) is 3.47. The Morgan fingerprint density at radius 3 is 2.42 bits per heavy atom. The van der Waals surface area contributed by atoms with Crippen LogP contribution < -0.4 is 5.32 Å². The fourth-order valence-electron chi connectivity index (χ4n) is 3.91. The highest BCUT2D eigenvalue weighted by Crippen LogP contribution is 2.28. The molecule has 0 aliphatic carbocycles. The number of ether oxygens (including phenoxy) is 1. The number of nitrogens with one attached hydrogen (secondary N) is 1. The van der Waals surface area contributed by atoms with Gasteiger partial charge in [0.05, 0.1) is 0 Å². The van der Waals surface area contributed by atoms with Crippen molar-refractivity contribution in [2.75, 3.05) is 33.3 Å². The zero-order chi connectivity index (χ0) is 16.1. The van der Waals surface area contributed by atoms with Gasteiger partial charge < -0.3 is 15.0 Å². The van der Waals surface area contributed by atoms with E-state index < -0.39 is 5.60 Å². The van der Waals surface area contributed by atoms with E-state index in [9.17, 15) is 4.79 Å². The number of amides is 1. The molecule has 0 radical (unpaired) electrons. The lowest BCUT2D eigenvalue weighted by molar-refractivity contribution is -0.159. The smallest absolute Gasteiger partial charge is 0.254 e. The van der Waals surface area contributed by atoms with Crippen LogP contribution in [0.4, 0.5) is 0 Å². The Labute approximate surface area is 151 Å². The lowest BCUT2D eigenvalue weighted by Crippen LogP contribution is -2.56. The van der Waals surface area contributed by atoms with Gasteiger partial charge in [-0.15, -0.1) is 12.4 Å². The van der Waals surface area contributed by atoms with Gasteiger partial charge >= 0.3 is 0 Å². The molecule has 4 nitrogen and oxygen atoms in total. The third-order valence-corrected chi connectivity index (χ3v) is 5.46. The number of carbonyl (C=O) groups is 1. The average Bonchev–Trinajstić information content (AvgIpc) is 2.63. The average molecular weight is 353 g/mol. The Balaban J connectivity index is 0.00000208. The first-order chi connectivity index (χ1) is 11.2. The molecule has 24 heavy (non-hydrogen) atoms. The summed E-state index contributed by atoms with van der Waals surface area (Å²) >= 11 is 0. The van der Waals surface area contributed by atoms with Crippen LogP contribution in [-0.2, 0) is 16.0 Å². The Hall–Kier alpha value is -1.10. The summed E-state index contributed by atoms with van der Waals surface area (Å²) in [7, 11) is 1.69. The molecule has 0 atom stereocenters. The van der Waals surface area contributed by atoms with Gasteiger partial charge in [-0.2, -0.15) is 0 Å². The highest BCUT2D eigenvalue weighted by Gasteiger charge is 2.43. The van der Waals surface area contributed by atoms with Gasteiger partial charge in [0.2, 0.25) is 0 Å². The van der Waals surface area contributed by atoms with E-state index in [2.05, 4.69) is 35.6 Å². The summed E-state index contributed by atoms with van der Waals surface area (Å²) in [4.78, 5) is 15.0. The van der Waals surface area contributed by atoms with Crippen molar-refractivity contribution in [3.8, 4) is 0 Å². The van der Waals surface area contributed by atoms with Crippen LogP contribution in [0, 0.1) is 5.92 Å². The number of benzene rings is 1. The first kappa shape index (κ1) is 19.2. The Morgan fingerprint density at radius 1 is 1.21 bits per heavy atom. The minimum atomic E-state index is -0.586. The second-order valence-electron chi connectivity index (χ2n) is 6.87. The predicted molar refractivity (Wildman–Crippen MR) is 98.5 cm³/mol. The molecule has 3 rings (SSSR count). The Bertz CT molecular complexity index is 509. The van der Waals surface area contributed by atoms with Crippen LogP contribution in [-0.4, -0.2) is 49.7 Å². The van der Waals surface area contributed by atoms with Crippen LogP contribution in [0.3, 0.4) is 0 Å². The highest BCUT2D eigenvalue weighted by atomic mass is 35.5. The van der Waals surface area contributed by atoms with Crippen LogP contribution in [0.1, 0.15) is 31.2 Å². The van der Waals surface area contributed by atoms with E-state index in [0.29, 0.717) is 5.92 Å². The number of rotatable bonds is 4. The third kappa shape index (κ3) is 4.29. The van der Waals surface area contributed by atoms with Gasteiger partial charge in [0.15, 0.2) is 0 Å². The molecule has 134 valence electrons.